The van der Waals surface area contributed by atoms with Crippen molar-refractivity contribution in [2.45, 2.75) is 6.54 Å². The number of nitrogens with two attached hydrogens (primary N) is 1. The van der Waals surface area contributed by atoms with Gasteiger partial charge >= 0.3 is 0 Å². The Balaban J connectivity index is 0.00000112. The number of hydrogen-bond donors (Lipinski definition) is 1. The van der Waals surface area contributed by atoms with Gasteiger partial charge in [0.05, 0.1) is 12.7 Å². The van der Waals surface area contributed by atoms with E-state index in [1.807, 2.05) is 24.3 Å². The lowest BCUT2D eigenvalue weighted by atomic mass is 10.2. The monoisotopic (exact) mass is 243 g/mol. The normalized spacial score (nSPS) is 9.67. The average Bonchev–Trinajstić information content (AvgIpc) is 2.56. The third-order valence-corrected chi connectivity index (χ3v) is 2.25. The van der Waals surface area contributed by atoms with E-state index in [0.29, 0.717) is 12.4 Å². The fraction of sp³-hybridized carbons (Fsp3) is 0.100. The molecular formula is C10H11Cl2N3. The SMILES string of the molecule is Cl.Nc1ccnn1Cc1ccc(Cl)cc1. The molecule has 2 N–H and O–H groups in total. The number of hydrogen-bond acceptors (Lipinski definition) is 2. The maximum absolute atomic E-state index is 5.78. The summed E-state index contributed by atoms with van der Waals surface area (Å²) in [5, 5.41) is 4.83. The van der Waals surface area contributed by atoms with Gasteiger partial charge in [0.2, 0.25) is 0 Å². The predicted molar refractivity (Wildman–Crippen MR) is 64.4 cm³/mol. The molecule has 15 heavy (non-hydrogen) atoms. The van der Waals surface area contributed by atoms with Crippen molar-refractivity contribution in [3.63, 3.8) is 0 Å². The molecule has 0 aliphatic carbocycles. The number of benzene rings is 1. The molecule has 0 bridgehead atoms. The van der Waals surface area contributed by atoms with Gasteiger partial charge in [-0.1, -0.05) is 23.7 Å². The molecule has 0 spiro atoms. The van der Waals surface area contributed by atoms with Crippen molar-refractivity contribution in [1.29, 1.82) is 0 Å². The molecule has 1 aromatic carbocycles. The maximum atomic E-state index is 5.78. The summed E-state index contributed by atoms with van der Waals surface area (Å²) in [6.45, 7) is 0.677. The fourth-order valence-corrected chi connectivity index (χ4v) is 1.36. The molecule has 0 fully saturated rings. The Bertz CT molecular complexity index is 422. The number of anilines is 1. The smallest absolute Gasteiger partial charge is 0.122 e. The highest BCUT2D eigenvalue weighted by Crippen LogP contribution is 2.11. The third-order valence-electron chi connectivity index (χ3n) is 1.99. The molecule has 80 valence electrons. The zero-order chi connectivity index (χ0) is 9.97. The molecule has 0 saturated carbocycles. The number of halogens is 2. The van der Waals surface area contributed by atoms with Crippen LogP contribution in [0.2, 0.25) is 5.02 Å². The van der Waals surface area contributed by atoms with Gasteiger partial charge in [-0.2, -0.15) is 5.10 Å². The summed E-state index contributed by atoms with van der Waals surface area (Å²) in [6, 6.07) is 9.41. The van der Waals surface area contributed by atoms with E-state index in [1.54, 1.807) is 16.9 Å². The fourth-order valence-electron chi connectivity index (χ4n) is 1.24. The van der Waals surface area contributed by atoms with E-state index < -0.39 is 0 Å². The van der Waals surface area contributed by atoms with E-state index >= 15 is 0 Å². The van der Waals surface area contributed by atoms with Gasteiger partial charge in [0.15, 0.2) is 0 Å². The highest BCUT2D eigenvalue weighted by Gasteiger charge is 1.98. The van der Waals surface area contributed by atoms with Crippen molar-refractivity contribution in [1.82, 2.24) is 9.78 Å². The molecule has 3 nitrogen and oxygen atoms in total. The summed E-state index contributed by atoms with van der Waals surface area (Å²) in [5.74, 6) is 0.667. The summed E-state index contributed by atoms with van der Waals surface area (Å²) in [6.07, 6.45) is 1.69. The van der Waals surface area contributed by atoms with Crippen LogP contribution in [0, 0.1) is 0 Å². The van der Waals surface area contributed by atoms with Gasteiger partial charge in [-0.25, -0.2) is 4.68 Å². The molecule has 0 saturated heterocycles. The van der Waals surface area contributed by atoms with Crippen molar-refractivity contribution >= 4 is 29.8 Å². The zero-order valence-electron chi connectivity index (χ0n) is 7.93. The maximum Gasteiger partial charge on any atom is 0.122 e. The molecule has 0 aliphatic heterocycles. The second-order valence-corrected chi connectivity index (χ2v) is 3.48. The quantitative estimate of drug-likeness (QED) is 0.882. The molecular weight excluding hydrogens is 233 g/mol. The van der Waals surface area contributed by atoms with E-state index in [1.165, 1.54) is 0 Å². The van der Waals surface area contributed by atoms with Crippen LogP contribution in [0.3, 0.4) is 0 Å². The molecule has 1 aromatic heterocycles. The van der Waals surface area contributed by atoms with Crippen LogP contribution in [0.15, 0.2) is 36.5 Å². The van der Waals surface area contributed by atoms with Gasteiger partial charge in [0.1, 0.15) is 5.82 Å². The number of nitrogens with zero attached hydrogens (tertiary/aromatic N) is 2. The largest absolute Gasteiger partial charge is 0.384 e. The Labute approximate surface area is 99.3 Å². The number of aromatic nitrogens is 2. The standard InChI is InChI=1S/C10H10ClN3.ClH/c11-9-3-1-8(2-4-9)7-14-10(12)5-6-13-14;/h1-6H,7,12H2;1H. The van der Waals surface area contributed by atoms with Crippen LogP contribution >= 0.6 is 24.0 Å². The van der Waals surface area contributed by atoms with Gasteiger partial charge in [-0.05, 0) is 23.8 Å². The number of nitrogen functional groups attached to an aromatic ring is 1. The first-order valence-electron chi connectivity index (χ1n) is 4.27. The Kier molecular flexibility index (Phi) is 4.00. The van der Waals surface area contributed by atoms with Crippen LogP contribution in [0.5, 0.6) is 0 Å². The van der Waals surface area contributed by atoms with E-state index in [4.69, 9.17) is 17.3 Å². The van der Waals surface area contributed by atoms with Gasteiger partial charge in [0, 0.05) is 5.02 Å². The van der Waals surface area contributed by atoms with Crippen molar-refractivity contribution in [2.24, 2.45) is 0 Å². The first kappa shape index (κ1) is 11.9. The molecule has 1 heterocycles. The van der Waals surface area contributed by atoms with Crippen LogP contribution in [0.1, 0.15) is 5.56 Å². The topological polar surface area (TPSA) is 43.8 Å². The first-order valence-corrected chi connectivity index (χ1v) is 4.65. The molecule has 2 aromatic rings. The van der Waals surface area contributed by atoms with Gasteiger partial charge in [-0.3, -0.25) is 0 Å². The van der Waals surface area contributed by atoms with Gasteiger partial charge in [-0.15, -0.1) is 12.4 Å². The van der Waals surface area contributed by atoms with Crippen molar-refractivity contribution in [3.05, 3.63) is 47.1 Å². The molecule has 2 rings (SSSR count). The number of rotatable bonds is 2. The van der Waals surface area contributed by atoms with Crippen molar-refractivity contribution < 1.29 is 0 Å². The molecule has 0 unspecified atom stereocenters. The lowest BCUT2D eigenvalue weighted by Gasteiger charge is -2.03. The first-order chi connectivity index (χ1) is 6.75. The van der Waals surface area contributed by atoms with Crippen LogP contribution in [-0.2, 0) is 6.54 Å². The predicted octanol–water partition coefficient (Wildman–Crippen LogP) is 2.59. The van der Waals surface area contributed by atoms with Crippen molar-refractivity contribution in [2.75, 3.05) is 5.73 Å². The minimum Gasteiger partial charge on any atom is -0.384 e. The van der Waals surface area contributed by atoms with E-state index in [0.717, 1.165) is 10.6 Å². The summed E-state index contributed by atoms with van der Waals surface area (Å²) in [7, 11) is 0. The second-order valence-electron chi connectivity index (χ2n) is 3.04. The van der Waals surface area contributed by atoms with Crippen LogP contribution in [0.25, 0.3) is 0 Å². The Morgan fingerprint density at radius 2 is 1.87 bits per heavy atom. The van der Waals surface area contributed by atoms with E-state index in [9.17, 15) is 0 Å². The van der Waals surface area contributed by atoms with Gasteiger partial charge < -0.3 is 5.73 Å². The molecule has 0 amide bonds. The lowest BCUT2D eigenvalue weighted by Crippen LogP contribution is -2.05. The minimum atomic E-state index is 0. The average molecular weight is 244 g/mol. The summed E-state index contributed by atoms with van der Waals surface area (Å²) < 4.78 is 1.74. The second kappa shape index (κ2) is 5.05. The van der Waals surface area contributed by atoms with Crippen molar-refractivity contribution in [3.8, 4) is 0 Å². The molecule has 0 radical (unpaired) electrons. The lowest BCUT2D eigenvalue weighted by molar-refractivity contribution is 0.697. The summed E-state index contributed by atoms with van der Waals surface area (Å²) >= 11 is 5.78. The van der Waals surface area contributed by atoms with Gasteiger partial charge in [0.25, 0.3) is 0 Å². The highest BCUT2D eigenvalue weighted by atomic mass is 35.5. The van der Waals surface area contributed by atoms with E-state index in [-0.39, 0.29) is 12.4 Å². The third kappa shape index (κ3) is 2.88. The van der Waals surface area contributed by atoms with E-state index in [2.05, 4.69) is 5.10 Å². The minimum absolute atomic E-state index is 0. The summed E-state index contributed by atoms with van der Waals surface area (Å²) in [4.78, 5) is 0. The molecule has 0 aliphatic rings. The Hall–Kier alpha value is -1.19. The Morgan fingerprint density at radius 1 is 1.20 bits per heavy atom. The highest BCUT2D eigenvalue weighted by molar-refractivity contribution is 6.30. The summed E-state index contributed by atoms with van der Waals surface area (Å²) in [5.41, 5.74) is 6.82. The Morgan fingerprint density at radius 3 is 2.40 bits per heavy atom. The molecule has 5 heteroatoms. The van der Waals surface area contributed by atoms with Crippen LogP contribution < -0.4 is 5.73 Å². The van der Waals surface area contributed by atoms with Crippen LogP contribution in [0.4, 0.5) is 5.82 Å². The van der Waals surface area contributed by atoms with Crippen LogP contribution in [-0.4, -0.2) is 9.78 Å². The zero-order valence-corrected chi connectivity index (χ0v) is 9.50. The molecule has 0 atom stereocenters.